The Labute approximate surface area is 279 Å². The van der Waals surface area contributed by atoms with E-state index in [-0.39, 0.29) is 42.7 Å². The fraction of sp³-hybridized carbons (Fsp3) is 0.368. The number of benzene rings is 3. The van der Waals surface area contributed by atoms with Crippen LogP contribution in [0.25, 0.3) is 43.9 Å². The van der Waals surface area contributed by atoms with E-state index in [9.17, 15) is 0 Å². The monoisotopic (exact) mass is 777 g/mol. The van der Waals surface area contributed by atoms with Crippen molar-refractivity contribution in [2.45, 2.75) is 66.2 Å². The maximum Gasteiger partial charge on any atom is 4.00 e. The van der Waals surface area contributed by atoms with Crippen molar-refractivity contribution >= 4 is 55.3 Å². The van der Waals surface area contributed by atoms with Crippen molar-refractivity contribution in [3.63, 3.8) is 0 Å². The van der Waals surface area contributed by atoms with Crippen LogP contribution in [0.4, 0.5) is 11.4 Å². The average Bonchev–Trinajstić information content (AvgIpc) is 3.71. The van der Waals surface area contributed by atoms with Gasteiger partial charge in [-0.1, -0.05) is 101 Å². The molecule has 0 atom stereocenters. The fourth-order valence-corrected chi connectivity index (χ4v) is 8.03. The van der Waals surface area contributed by atoms with Crippen LogP contribution in [0, 0.1) is 36.3 Å². The van der Waals surface area contributed by atoms with Gasteiger partial charge < -0.3 is 28.4 Å². The van der Waals surface area contributed by atoms with Crippen molar-refractivity contribution in [2.24, 2.45) is 10.8 Å². The molecule has 0 amide bonds. The molecule has 45 heavy (non-hydrogen) atoms. The maximum atomic E-state index is 6.62. The van der Waals surface area contributed by atoms with E-state index in [2.05, 4.69) is 139 Å². The molecule has 4 aliphatic rings. The summed E-state index contributed by atoms with van der Waals surface area (Å²) in [5, 5.41) is 4.02. The van der Waals surface area contributed by atoms with Gasteiger partial charge in [0, 0.05) is 33.4 Å². The topological polar surface area (TPSA) is 39.2 Å². The van der Waals surface area contributed by atoms with Gasteiger partial charge in [-0.2, -0.15) is 13.3 Å². The zero-order valence-electron chi connectivity index (χ0n) is 27.5. The Bertz CT molecular complexity index is 2040. The van der Waals surface area contributed by atoms with Crippen LogP contribution in [-0.2, 0) is 31.9 Å². The normalized spacial score (nSPS) is 22.0. The standard InChI is InChI=1S/C38H38N4O2.Pt/c1-35(2)23-15-29-21(13-25(23)41-19-39(9)17-31(41)37(35,5)6)33-27(43-29)11-12-28-34(33)22-14-26-24(16-30(22)44-28)36(3,4)38(7,8)32-18-40(10)20-42(26)32;/h11-12,15-20H,1-10H3;/q-4;+4. The third kappa shape index (κ3) is 3.30. The van der Waals surface area contributed by atoms with Crippen LogP contribution in [-0.4, -0.2) is 23.9 Å². The van der Waals surface area contributed by atoms with E-state index in [4.69, 9.17) is 8.83 Å². The number of nitrogens with zero attached hydrogens (tertiary/aromatic N) is 4. The summed E-state index contributed by atoms with van der Waals surface area (Å²) < 4.78 is 13.2. The van der Waals surface area contributed by atoms with Crippen LogP contribution in [0.1, 0.15) is 66.5 Å². The number of fused-ring (bicyclic) bond motifs is 13. The number of furan rings is 2. The van der Waals surface area contributed by atoms with E-state index < -0.39 is 0 Å². The Morgan fingerprint density at radius 2 is 0.956 bits per heavy atom. The van der Waals surface area contributed by atoms with Crippen molar-refractivity contribution in [1.29, 1.82) is 0 Å². The third-order valence-electron chi connectivity index (χ3n) is 12.1. The van der Waals surface area contributed by atoms with Gasteiger partial charge in [-0.05, 0) is 49.5 Å². The maximum absolute atomic E-state index is 6.62. The van der Waals surface area contributed by atoms with Gasteiger partial charge in [0.05, 0.1) is 11.2 Å². The molecule has 6 heterocycles. The van der Waals surface area contributed by atoms with Gasteiger partial charge in [-0.15, -0.1) is 22.9 Å². The summed E-state index contributed by atoms with van der Waals surface area (Å²) in [6, 6.07) is 16.3. The minimum Gasteiger partial charge on any atom is -0.511 e. The van der Waals surface area contributed by atoms with Crippen molar-refractivity contribution in [3.05, 3.63) is 84.7 Å². The first-order chi connectivity index (χ1) is 20.6. The first-order valence-electron chi connectivity index (χ1n) is 15.5. The zero-order valence-corrected chi connectivity index (χ0v) is 29.8. The average molecular weight is 778 g/mol. The second-order valence-corrected chi connectivity index (χ2v) is 15.4. The second kappa shape index (κ2) is 8.50. The molecule has 0 radical (unpaired) electrons. The molecule has 0 bridgehead atoms. The smallest absolute Gasteiger partial charge is 0.511 e. The van der Waals surface area contributed by atoms with Crippen LogP contribution in [0.2, 0.25) is 0 Å². The second-order valence-electron chi connectivity index (χ2n) is 15.4. The van der Waals surface area contributed by atoms with Crippen LogP contribution in [0.3, 0.4) is 0 Å². The Morgan fingerprint density at radius 3 is 1.33 bits per heavy atom. The van der Waals surface area contributed by atoms with Crippen molar-refractivity contribution < 1.29 is 29.9 Å². The van der Waals surface area contributed by atoms with E-state index in [1.165, 1.54) is 22.5 Å². The number of hydrogen-bond acceptors (Lipinski definition) is 6. The molecule has 0 aliphatic carbocycles. The van der Waals surface area contributed by atoms with Crippen LogP contribution in [0.5, 0.6) is 0 Å². The molecule has 0 spiro atoms. The Hall–Kier alpha value is -3.37. The molecule has 3 aromatic carbocycles. The molecule has 5 aromatic rings. The number of anilines is 2. The van der Waals surface area contributed by atoms with E-state index in [1.807, 2.05) is 12.1 Å². The summed E-state index contributed by atoms with van der Waals surface area (Å²) in [5.41, 5.74) is 10.1. The minimum absolute atomic E-state index is 0. The molecule has 7 heteroatoms. The van der Waals surface area contributed by atoms with E-state index in [0.29, 0.717) is 0 Å². The summed E-state index contributed by atoms with van der Waals surface area (Å²) >= 11 is 0. The SMILES string of the molecule is CN1C=C2N([CH-]1)c1[c-]c3c(cc1C(C)(C)C2(C)C)oc1ccc2oc4cc5c([c-]c4c2c13)N1[CH-]N(C)C=C1C(C)(C)C5(C)C.[Pt+4]. The molecule has 0 fully saturated rings. The quantitative estimate of drug-likeness (QED) is 0.146. The van der Waals surface area contributed by atoms with Crippen molar-refractivity contribution in [1.82, 2.24) is 9.80 Å². The van der Waals surface area contributed by atoms with Crippen LogP contribution in [0.15, 0.2) is 56.9 Å². The molecule has 0 unspecified atom stereocenters. The number of allylic oxidation sites excluding steroid dienone is 2. The van der Waals surface area contributed by atoms with Gasteiger partial charge in [0.2, 0.25) is 0 Å². The van der Waals surface area contributed by atoms with Gasteiger partial charge in [0.1, 0.15) is 0 Å². The molecular weight excluding hydrogens is 740 g/mol. The predicted molar refractivity (Wildman–Crippen MR) is 178 cm³/mol. The summed E-state index contributed by atoms with van der Waals surface area (Å²) in [7, 11) is 4.19. The van der Waals surface area contributed by atoms with Crippen LogP contribution < -0.4 is 9.80 Å². The van der Waals surface area contributed by atoms with Crippen LogP contribution >= 0.6 is 0 Å². The summed E-state index contributed by atoms with van der Waals surface area (Å²) in [6.45, 7) is 23.0. The predicted octanol–water partition coefficient (Wildman–Crippen LogP) is 9.14. The summed E-state index contributed by atoms with van der Waals surface area (Å²) in [5.74, 6) is 0. The van der Waals surface area contributed by atoms with E-state index >= 15 is 0 Å². The van der Waals surface area contributed by atoms with Gasteiger partial charge in [0.15, 0.2) is 0 Å². The largest absolute Gasteiger partial charge is 4.00 e. The Kier molecular flexibility index (Phi) is 5.49. The first-order valence-corrected chi connectivity index (χ1v) is 15.5. The molecule has 2 aromatic heterocycles. The Balaban J connectivity index is 0.00000300. The molecular formula is C38H38N4O2Pt. The van der Waals surface area contributed by atoms with Gasteiger partial charge in [-0.25, -0.2) is 0 Å². The molecule has 0 saturated carbocycles. The summed E-state index contributed by atoms with van der Waals surface area (Å²) in [6.07, 6.45) is 4.49. The molecule has 9 rings (SSSR count). The summed E-state index contributed by atoms with van der Waals surface area (Å²) in [4.78, 5) is 8.91. The third-order valence-corrected chi connectivity index (χ3v) is 12.1. The molecule has 0 saturated heterocycles. The van der Waals surface area contributed by atoms with Gasteiger partial charge >= 0.3 is 21.1 Å². The molecule has 232 valence electrons. The number of rotatable bonds is 0. The minimum atomic E-state index is -0.136. The molecule has 6 nitrogen and oxygen atoms in total. The molecule has 4 aliphatic heterocycles. The van der Waals surface area contributed by atoms with Gasteiger partial charge in [-0.3, -0.25) is 0 Å². The first kappa shape index (κ1) is 29.1. The van der Waals surface area contributed by atoms with E-state index in [1.54, 1.807) is 0 Å². The zero-order chi connectivity index (χ0) is 30.9. The van der Waals surface area contributed by atoms with Gasteiger partial charge in [0.25, 0.3) is 0 Å². The fourth-order valence-electron chi connectivity index (χ4n) is 8.03. The number of hydrogen-bond donors (Lipinski definition) is 0. The molecule has 0 N–H and O–H groups in total. The van der Waals surface area contributed by atoms with Crippen molar-refractivity contribution in [3.8, 4) is 0 Å². The van der Waals surface area contributed by atoms with Crippen molar-refractivity contribution in [2.75, 3.05) is 23.9 Å². The Morgan fingerprint density at radius 1 is 0.578 bits per heavy atom. The van der Waals surface area contributed by atoms with E-state index in [0.717, 1.165) is 55.3 Å².